The van der Waals surface area contributed by atoms with E-state index in [9.17, 15) is 13.2 Å². The second-order valence-electron chi connectivity index (χ2n) is 6.20. The maximum Gasteiger partial charge on any atom is 0.201 e. The predicted octanol–water partition coefficient (Wildman–Crippen LogP) is 5.41. The summed E-state index contributed by atoms with van der Waals surface area (Å²) in [5, 5.41) is 0. The van der Waals surface area contributed by atoms with Gasteiger partial charge >= 0.3 is 0 Å². The number of hydrogen-bond acceptors (Lipinski definition) is 3. The Balaban J connectivity index is 1.83. The molecule has 3 rings (SSSR count). The van der Waals surface area contributed by atoms with Crippen LogP contribution in [0, 0.1) is 23.4 Å². The lowest BCUT2D eigenvalue weighted by Crippen LogP contribution is -2.25. The summed E-state index contributed by atoms with van der Waals surface area (Å²) in [6.45, 7) is 4.73. The van der Waals surface area contributed by atoms with Crippen molar-refractivity contribution in [1.82, 2.24) is 0 Å². The van der Waals surface area contributed by atoms with Crippen LogP contribution in [0.25, 0.3) is 11.1 Å². The smallest absolute Gasteiger partial charge is 0.201 e. The highest BCUT2D eigenvalue weighted by Crippen LogP contribution is 2.34. The van der Waals surface area contributed by atoms with Gasteiger partial charge in [0.25, 0.3) is 0 Å². The highest BCUT2D eigenvalue weighted by Gasteiger charge is 2.24. The van der Waals surface area contributed by atoms with Gasteiger partial charge in [-0.3, -0.25) is 0 Å². The van der Waals surface area contributed by atoms with Crippen LogP contribution in [0.3, 0.4) is 0 Å². The fraction of sp³-hybridized carbons (Fsp3) is 0.333. The first-order chi connectivity index (χ1) is 13.0. The van der Waals surface area contributed by atoms with Crippen LogP contribution in [0.5, 0.6) is 5.75 Å². The molecule has 0 N–H and O–H groups in total. The van der Waals surface area contributed by atoms with Crippen LogP contribution in [0.15, 0.2) is 42.5 Å². The topological polar surface area (TPSA) is 27.7 Å². The highest BCUT2D eigenvalue weighted by molar-refractivity contribution is 5.66. The van der Waals surface area contributed by atoms with E-state index in [0.717, 1.165) is 0 Å². The number of benzene rings is 2. The van der Waals surface area contributed by atoms with Gasteiger partial charge in [0, 0.05) is 22.6 Å². The lowest BCUT2D eigenvalue weighted by Gasteiger charge is -2.28. The molecule has 3 nitrogen and oxygen atoms in total. The normalized spacial score (nSPS) is 20.2. The van der Waals surface area contributed by atoms with Crippen molar-refractivity contribution in [3.63, 3.8) is 0 Å². The first-order valence-electron chi connectivity index (χ1n) is 8.81. The van der Waals surface area contributed by atoms with E-state index in [1.165, 1.54) is 24.3 Å². The third-order valence-corrected chi connectivity index (χ3v) is 4.29. The zero-order chi connectivity index (χ0) is 19.4. The van der Waals surface area contributed by atoms with Crippen LogP contribution >= 0.6 is 0 Å². The number of ether oxygens (including phenoxy) is 3. The Labute approximate surface area is 156 Å². The van der Waals surface area contributed by atoms with Crippen molar-refractivity contribution in [2.75, 3.05) is 19.8 Å². The maximum atomic E-state index is 14.6. The molecule has 1 saturated heterocycles. The molecule has 0 aromatic heterocycles. The second kappa shape index (κ2) is 8.59. The van der Waals surface area contributed by atoms with Crippen LogP contribution in [-0.2, 0) is 9.47 Å². The summed E-state index contributed by atoms with van der Waals surface area (Å²) in [4.78, 5) is 0. The van der Waals surface area contributed by atoms with Crippen molar-refractivity contribution in [3.05, 3.63) is 65.5 Å². The van der Waals surface area contributed by atoms with E-state index in [-0.39, 0.29) is 29.4 Å². The zero-order valence-electron chi connectivity index (χ0n) is 15.2. The minimum atomic E-state index is -1.15. The van der Waals surface area contributed by atoms with Crippen LogP contribution in [0.1, 0.15) is 25.7 Å². The first-order valence-corrected chi connectivity index (χ1v) is 8.81. The Morgan fingerprint density at radius 3 is 2.37 bits per heavy atom. The number of rotatable bonds is 5. The standard InChI is InChI=1S/C21H21F3O3/c1-3-5-13-11-26-21(27-12-13)14-6-7-15(17(22)10-14)16-8-9-18(25-4-2)20(24)19(16)23/h3,5-10,13,21H,4,11-12H2,1-2H3/b5-3+. The Kier molecular flexibility index (Phi) is 6.19. The second-order valence-corrected chi connectivity index (χ2v) is 6.20. The van der Waals surface area contributed by atoms with Crippen molar-refractivity contribution in [2.45, 2.75) is 20.1 Å². The van der Waals surface area contributed by atoms with E-state index < -0.39 is 23.7 Å². The molecular formula is C21H21F3O3. The molecule has 1 aliphatic heterocycles. The minimum Gasteiger partial charge on any atom is -0.491 e. The Bertz CT molecular complexity index is 828. The number of hydrogen-bond donors (Lipinski definition) is 0. The van der Waals surface area contributed by atoms with Crippen LogP contribution in [0.2, 0.25) is 0 Å². The minimum absolute atomic E-state index is 0.0409. The predicted molar refractivity (Wildman–Crippen MR) is 95.9 cm³/mol. The molecule has 0 unspecified atom stereocenters. The van der Waals surface area contributed by atoms with E-state index >= 15 is 0 Å². The van der Waals surface area contributed by atoms with Crippen LogP contribution < -0.4 is 4.74 Å². The fourth-order valence-corrected chi connectivity index (χ4v) is 3.00. The van der Waals surface area contributed by atoms with Gasteiger partial charge in [0.1, 0.15) is 5.82 Å². The van der Waals surface area contributed by atoms with Crippen LogP contribution in [0.4, 0.5) is 13.2 Å². The largest absolute Gasteiger partial charge is 0.491 e. The summed E-state index contributed by atoms with van der Waals surface area (Å²) in [6.07, 6.45) is 3.23. The van der Waals surface area contributed by atoms with Gasteiger partial charge in [0.15, 0.2) is 17.9 Å². The van der Waals surface area contributed by atoms with E-state index in [2.05, 4.69) is 0 Å². The molecule has 1 aliphatic rings. The van der Waals surface area contributed by atoms with E-state index in [1.807, 2.05) is 19.1 Å². The lowest BCUT2D eigenvalue weighted by atomic mass is 10.0. The van der Waals surface area contributed by atoms with Gasteiger partial charge in [-0.2, -0.15) is 4.39 Å². The summed E-state index contributed by atoms with van der Waals surface area (Å²) >= 11 is 0. The molecule has 0 spiro atoms. The average Bonchev–Trinajstić information content (AvgIpc) is 2.67. The zero-order valence-corrected chi connectivity index (χ0v) is 15.2. The van der Waals surface area contributed by atoms with E-state index in [1.54, 1.807) is 13.0 Å². The summed E-state index contributed by atoms with van der Waals surface area (Å²) in [6, 6.07) is 6.81. The summed E-state index contributed by atoms with van der Waals surface area (Å²) < 4.78 is 59.3. The van der Waals surface area contributed by atoms with Gasteiger partial charge in [-0.05, 0) is 32.0 Å². The molecule has 1 heterocycles. The van der Waals surface area contributed by atoms with E-state index in [4.69, 9.17) is 14.2 Å². The molecular weight excluding hydrogens is 357 g/mol. The monoisotopic (exact) mass is 378 g/mol. The van der Waals surface area contributed by atoms with Gasteiger partial charge in [-0.15, -0.1) is 0 Å². The van der Waals surface area contributed by atoms with Gasteiger partial charge in [-0.1, -0.05) is 24.3 Å². The van der Waals surface area contributed by atoms with Gasteiger partial charge in [0.05, 0.1) is 19.8 Å². The van der Waals surface area contributed by atoms with Crippen molar-refractivity contribution in [1.29, 1.82) is 0 Å². The van der Waals surface area contributed by atoms with E-state index in [0.29, 0.717) is 18.8 Å². The third-order valence-electron chi connectivity index (χ3n) is 4.29. The SMILES string of the molecule is C/C=C/C1COC(c2ccc(-c3ccc(OCC)c(F)c3F)c(F)c2)OC1. The molecule has 144 valence electrons. The molecule has 27 heavy (non-hydrogen) atoms. The first kappa shape index (κ1) is 19.5. The molecule has 0 bridgehead atoms. The molecule has 2 aromatic rings. The Morgan fingerprint density at radius 2 is 1.74 bits per heavy atom. The Morgan fingerprint density at radius 1 is 1.04 bits per heavy atom. The summed E-state index contributed by atoms with van der Waals surface area (Å²) in [7, 11) is 0. The highest BCUT2D eigenvalue weighted by atomic mass is 19.2. The molecule has 6 heteroatoms. The summed E-state index contributed by atoms with van der Waals surface area (Å²) in [5.74, 6) is -3.00. The van der Waals surface area contributed by atoms with Crippen molar-refractivity contribution in [2.24, 2.45) is 5.92 Å². The number of allylic oxidation sites excluding steroid dienone is 1. The molecule has 2 aromatic carbocycles. The Hall–Kier alpha value is -2.31. The molecule has 0 aliphatic carbocycles. The lowest BCUT2D eigenvalue weighted by molar-refractivity contribution is -0.197. The van der Waals surface area contributed by atoms with Crippen molar-refractivity contribution >= 4 is 0 Å². The molecule has 1 fully saturated rings. The fourth-order valence-electron chi connectivity index (χ4n) is 3.00. The third kappa shape index (κ3) is 4.17. The summed E-state index contributed by atoms with van der Waals surface area (Å²) in [5.41, 5.74) is 0.279. The molecule has 0 atom stereocenters. The quantitative estimate of drug-likeness (QED) is 0.652. The van der Waals surface area contributed by atoms with Crippen molar-refractivity contribution < 1.29 is 27.4 Å². The molecule has 0 saturated carbocycles. The van der Waals surface area contributed by atoms with Gasteiger partial charge in [-0.25, -0.2) is 8.78 Å². The number of halogens is 3. The van der Waals surface area contributed by atoms with Crippen molar-refractivity contribution in [3.8, 4) is 16.9 Å². The molecule has 0 amide bonds. The molecule has 0 radical (unpaired) electrons. The van der Waals surface area contributed by atoms with Crippen LogP contribution in [-0.4, -0.2) is 19.8 Å². The van der Waals surface area contributed by atoms with Gasteiger partial charge in [0.2, 0.25) is 5.82 Å². The average molecular weight is 378 g/mol. The van der Waals surface area contributed by atoms with Gasteiger partial charge < -0.3 is 14.2 Å². The maximum absolute atomic E-state index is 14.6.